The molecule has 5 heteroatoms. The van der Waals surface area contributed by atoms with Crippen LogP contribution in [0.5, 0.6) is 0 Å². The van der Waals surface area contributed by atoms with Crippen LogP contribution >= 0.6 is 15.9 Å². The fourth-order valence-corrected chi connectivity index (χ4v) is 2.94. The highest BCUT2D eigenvalue weighted by atomic mass is 79.9. The van der Waals surface area contributed by atoms with E-state index in [9.17, 15) is 0 Å². The number of rotatable bonds is 7. The Morgan fingerprint density at radius 3 is 2.67 bits per heavy atom. The summed E-state index contributed by atoms with van der Waals surface area (Å²) in [5.41, 5.74) is 6.59. The SMILES string of the molecule is CCc1cc(CC(Cc2ccccc2Br)NN)n(CC)n1. The van der Waals surface area contributed by atoms with Gasteiger partial charge in [0.1, 0.15) is 0 Å². The molecule has 1 atom stereocenters. The smallest absolute Gasteiger partial charge is 0.0624 e. The van der Waals surface area contributed by atoms with Gasteiger partial charge in [-0.2, -0.15) is 5.10 Å². The van der Waals surface area contributed by atoms with Gasteiger partial charge < -0.3 is 0 Å². The van der Waals surface area contributed by atoms with E-state index < -0.39 is 0 Å². The van der Waals surface area contributed by atoms with E-state index >= 15 is 0 Å². The van der Waals surface area contributed by atoms with Crippen molar-refractivity contribution in [1.29, 1.82) is 0 Å². The standard InChI is InChI=1S/C16H23BrN4/c1-3-13-10-15(21(4-2)20-13)11-14(19-18)9-12-7-5-6-8-16(12)17/h5-8,10,14,19H,3-4,9,11,18H2,1-2H3. The molecule has 0 radical (unpaired) electrons. The number of nitrogens with two attached hydrogens (primary N) is 1. The van der Waals surface area contributed by atoms with Crippen LogP contribution in [-0.4, -0.2) is 15.8 Å². The second-order valence-electron chi connectivity index (χ2n) is 5.16. The first-order valence-electron chi connectivity index (χ1n) is 7.43. The zero-order valence-electron chi connectivity index (χ0n) is 12.6. The molecule has 0 saturated carbocycles. The summed E-state index contributed by atoms with van der Waals surface area (Å²) in [5.74, 6) is 5.75. The Hall–Kier alpha value is -1.17. The van der Waals surface area contributed by atoms with Crippen LogP contribution in [0.15, 0.2) is 34.8 Å². The Morgan fingerprint density at radius 2 is 2.05 bits per heavy atom. The number of benzene rings is 1. The fourth-order valence-electron chi connectivity index (χ4n) is 2.50. The number of hydrazine groups is 1. The van der Waals surface area contributed by atoms with Crippen molar-refractivity contribution in [3.05, 3.63) is 51.8 Å². The lowest BCUT2D eigenvalue weighted by Crippen LogP contribution is -2.39. The number of halogens is 1. The first-order valence-corrected chi connectivity index (χ1v) is 8.22. The van der Waals surface area contributed by atoms with Gasteiger partial charge >= 0.3 is 0 Å². The van der Waals surface area contributed by atoms with Crippen molar-refractivity contribution in [2.24, 2.45) is 5.84 Å². The second kappa shape index (κ2) is 7.73. The molecule has 0 saturated heterocycles. The van der Waals surface area contributed by atoms with Gasteiger partial charge in [0.2, 0.25) is 0 Å². The van der Waals surface area contributed by atoms with Gasteiger partial charge in [-0.1, -0.05) is 41.1 Å². The van der Waals surface area contributed by atoms with Gasteiger partial charge in [-0.25, -0.2) is 0 Å². The summed E-state index contributed by atoms with van der Waals surface area (Å²) in [6.07, 6.45) is 2.72. The molecule has 1 aromatic heterocycles. The molecule has 1 aromatic carbocycles. The lowest BCUT2D eigenvalue weighted by Gasteiger charge is -2.17. The minimum Gasteiger partial charge on any atom is -0.271 e. The van der Waals surface area contributed by atoms with E-state index in [1.165, 1.54) is 11.3 Å². The topological polar surface area (TPSA) is 55.9 Å². The Kier molecular flexibility index (Phi) is 5.96. The summed E-state index contributed by atoms with van der Waals surface area (Å²) in [4.78, 5) is 0. The molecule has 2 rings (SSSR count). The number of aromatic nitrogens is 2. The van der Waals surface area contributed by atoms with E-state index in [4.69, 9.17) is 5.84 Å². The number of nitrogens with one attached hydrogen (secondary N) is 1. The Balaban J connectivity index is 2.12. The maximum atomic E-state index is 5.75. The van der Waals surface area contributed by atoms with Crippen LogP contribution < -0.4 is 11.3 Å². The van der Waals surface area contributed by atoms with Gasteiger partial charge in [-0.15, -0.1) is 0 Å². The maximum Gasteiger partial charge on any atom is 0.0624 e. The molecule has 1 heterocycles. The van der Waals surface area contributed by atoms with Gasteiger partial charge in [0.05, 0.1) is 5.69 Å². The van der Waals surface area contributed by atoms with E-state index in [0.29, 0.717) is 0 Å². The summed E-state index contributed by atoms with van der Waals surface area (Å²) >= 11 is 3.60. The van der Waals surface area contributed by atoms with Gasteiger partial charge in [-0.3, -0.25) is 16.0 Å². The van der Waals surface area contributed by atoms with E-state index in [2.05, 4.69) is 69.2 Å². The lowest BCUT2D eigenvalue weighted by molar-refractivity contribution is 0.495. The Labute approximate surface area is 134 Å². The van der Waals surface area contributed by atoms with E-state index in [-0.39, 0.29) is 6.04 Å². The molecule has 21 heavy (non-hydrogen) atoms. The number of aryl methyl sites for hydroxylation is 2. The maximum absolute atomic E-state index is 5.75. The number of nitrogens with zero attached hydrogens (tertiary/aromatic N) is 2. The van der Waals surface area contributed by atoms with E-state index in [1.807, 2.05) is 6.07 Å². The third kappa shape index (κ3) is 4.15. The number of hydrogen-bond donors (Lipinski definition) is 2. The molecule has 0 aliphatic rings. The van der Waals surface area contributed by atoms with Crippen LogP contribution in [0.4, 0.5) is 0 Å². The molecule has 2 aromatic rings. The van der Waals surface area contributed by atoms with Crippen LogP contribution in [0.25, 0.3) is 0 Å². The minimum absolute atomic E-state index is 0.190. The van der Waals surface area contributed by atoms with Crippen LogP contribution in [-0.2, 0) is 25.8 Å². The average molecular weight is 351 g/mol. The first kappa shape index (κ1) is 16.2. The van der Waals surface area contributed by atoms with Crippen LogP contribution in [0.3, 0.4) is 0 Å². The first-order chi connectivity index (χ1) is 10.2. The third-order valence-corrected chi connectivity index (χ3v) is 4.46. The van der Waals surface area contributed by atoms with Gasteiger partial charge in [0.25, 0.3) is 0 Å². The Bertz CT molecular complexity index is 579. The second-order valence-corrected chi connectivity index (χ2v) is 6.01. The minimum atomic E-state index is 0.190. The van der Waals surface area contributed by atoms with Crippen LogP contribution in [0.2, 0.25) is 0 Å². The molecular weight excluding hydrogens is 328 g/mol. The molecule has 0 spiro atoms. The van der Waals surface area contributed by atoms with E-state index in [1.54, 1.807) is 0 Å². The molecular formula is C16H23BrN4. The summed E-state index contributed by atoms with van der Waals surface area (Å²) in [6.45, 7) is 5.14. The van der Waals surface area contributed by atoms with E-state index in [0.717, 1.165) is 36.0 Å². The fraction of sp³-hybridized carbons (Fsp3) is 0.438. The molecule has 0 aliphatic heterocycles. The quantitative estimate of drug-likeness (QED) is 0.596. The Morgan fingerprint density at radius 1 is 1.29 bits per heavy atom. The lowest BCUT2D eigenvalue weighted by atomic mass is 10.0. The highest BCUT2D eigenvalue weighted by Gasteiger charge is 2.14. The highest BCUT2D eigenvalue weighted by molar-refractivity contribution is 9.10. The van der Waals surface area contributed by atoms with Crippen molar-refractivity contribution >= 4 is 15.9 Å². The number of hydrogen-bond acceptors (Lipinski definition) is 3. The molecule has 0 fully saturated rings. The summed E-state index contributed by atoms with van der Waals surface area (Å²) in [6, 6.07) is 10.7. The molecule has 1 unspecified atom stereocenters. The van der Waals surface area contributed by atoms with Gasteiger partial charge in [0, 0.05) is 29.2 Å². The predicted molar refractivity (Wildman–Crippen MR) is 89.9 cm³/mol. The van der Waals surface area contributed by atoms with Crippen LogP contribution in [0, 0.1) is 0 Å². The zero-order valence-corrected chi connectivity index (χ0v) is 14.2. The molecule has 114 valence electrons. The zero-order chi connectivity index (χ0) is 15.2. The van der Waals surface area contributed by atoms with Crippen molar-refractivity contribution in [1.82, 2.24) is 15.2 Å². The van der Waals surface area contributed by atoms with Crippen molar-refractivity contribution in [2.75, 3.05) is 0 Å². The monoisotopic (exact) mass is 350 g/mol. The highest BCUT2D eigenvalue weighted by Crippen LogP contribution is 2.19. The molecule has 0 bridgehead atoms. The summed E-state index contributed by atoms with van der Waals surface area (Å²) in [5, 5.41) is 4.60. The average Bonchev–Trinajstić information content (AvgIpc) is 2.90. The largest absolute Gasteiger partial charge is 0.271 e. The van der Waals surface area contributed by atoms with Crippen molar-refractivity contribution < 1.29 is 0 Å². The third-order valence-electron chi connectivity index (χ3n) is 3.69. The summed E-state index contributed by atoms with van der Waals surface area (Å²) < 4.78 is 3.20. The van der Waals surface area contributed by atoms with Crippen molar-refractivity contribution in [3.63, 3.8) is 0 Å². The summed E-state index contributed by atoms with van der Waals surface area (Å²) in [7, 11) is 0. The van der Waals surface area contributed by atoms with Gasteiger partial charge in [0.15, 0.2) is 0 Å². The van der Waals surface area contributed by atoms with Crippen molar-refractivity contribution in [2.45, 2.75) is 45.7 Å². The van der Waals surface area contributed by atoms with Crippen molar-refractivity contribution in [3.8, 4) is 0 Å². The van der Waals surface area contributed by atoms with Gasteiger partial charge in [-0.05, 0) is 37.5 Å². The predicted octanol–water partition coefficient (Wildman–Crippen LogP) is 2.85. The van der Waals surface area contributed by atoms with Crippen LogP contribution in [0.1, 0.15) is 30.8 Å². The molecule has 0 amide bonds. The normalized spacial score (nSPS) is 12.6. The molecule has 0 aliphatic carbocycles. The molecule has 3 N–H and O–H groups in total. The molecule has 4 nitrogen and oxygen atoms in total.